The predicted molar refractivity (Wildman–Crippen MR) is 82.1 cm³/mol. The minimum atomic E-state index is -0.126. The third kappa shape index (κ3) is 4.30. The fraction of sp³-hybridized carbons (Fsp3) is 0.750. The van der Waals surface area contributed by atoms with Gasteiger partial charge in [-0.25, -0.2) is 0 Å². The van der Waals surface area contributed by atoms with Crippen molar-refractivity contribution in [2.45, 2.75) is 64.5 Å². The van der Waals surface area contributed by atoms with Crippen LogP contribution in [0.5, 0.6) is 0 Å². The lowest BCUT2D eigenvalue weighted by atomic mass is 9.82. The monoisotopic (exact) mass is 293 g/mol. The normalized spacial score (nSPS) is 17.9. The van der Waals surface area contributed by atoms with Crippen molar-refractivity contribution in [3.05, 3.63) is 18.0 Å². The van der Waals surface area contributed by atoms with Gasteiger partial charge in [-0.15, -0.1) is 0 Å². The Morgan fingerprint density at radius 3 is 2.71 bits per heavy atom. The van der Waals surface area contributed by atoms with Gasteiger partial charge in [0.05, 0.1) is 0 Å². The quantitative estimate of drug-likeness (QED) is 0.847. The van der Waals surface area contributed by atoms with E-state index in [1.165, 1.54) is 19.3 Å². The zero-order chi connectivity index (χ0) is 15.2. The number of carbonyl (C=O) groups excluding carboxylic acids is 1. The average Bonchev–Trinajstić information content (AvgIpc) is 2.98. The van der Waals surface area contributed by atoms with Gasteiger partial charge in [0.15, 0.2) is 0 Å². The Labute approximate surface area is 126 Å². The molecule has 0 saturated heterocycles. The summed E-state index contributed by atoms with van der Waals surface area (Å²) in [7, 11) is 0. The number of aliphatic hydroxyl groups is 1. The zero-order valence-electron chi connectivity index (χ0n) is 13.1. The second-order valence-electron chi connectivity index (χ2n) is 6.27. The van der Waals surface area contributed by atoms with E-state index in [2.05, 4.69) is 10.4 Å². The van der Waals surface area contributed by atoms with E-state index < -0.39 is 0 Å². The molecule has 1 aromatic rings. The molecule has 1 aliphatic rings. The first-order valence-corrected chi connectivity index (χ1v) is 8.08. The summed E-state index contributed by atoms with van der Waals surface area (Å²) in [5.41, 5.74) is 0.461. The standard InChI is InChI=1S/C16H27N3O2/c1-12(2)19-10-8-15(18-19)16(21)17-14(9-11-20)13-6-4-3-5-7-13/h8,10,12-14,20H,3-7,9,11H2,1-2H3,(H,17,21)/t14-/m0/s1. The minimum Gasteiger partial charge on any atom is -0.396 e. The van der Waals surface area contributed by atoms with E-state index in [4.69, 9.17) is 0 Å². The van der Waals surface area contributed by atoms with Gasteiger partial charge in [0, 0.05) is 24.9 Å². The fourth-order valence-electron chi connectivity index (χ4n) is 3.09. The van der Waals surface area contributed by atoms with Crippen LogP contribution in [0.3, 0.4) is 0 Å². The fourth-order valence-corrected chi connectivity index (χ4v) is 3.09. The van der Waals surface area contributed by atoms with Gasteiger partial charge < -0.3 is 10.4 Å². The molecule has 118 valence electrons. The van der Waals surface area contributed by atoms with Crippen LogP contribution in [0.4, 0.5) is 0 Å². The Bertz CT molecular complexity index is 450. The van der Waals surface area contributed by atoms with E-state index in [0.29, 0.717) is 18.0 Å². The van der Waals surface area contributed by atoms with Crippen LogP contribution >= 0.6 is 0 Å². The SMILES string of the molecule is CC(C)n1ccc(C(=O)N[C@@H](CCO)C2CCCCC2)n1. The predicted octanol–water partition coefficient (Wildman–Crippen LogP) is 2.53. The number of nitrogens with zero attached hydrogens (tertiary/aromatic N) is 2. The van der Waals surface area contributed by atoms with Crippen LogP contribution in [-0.4, -0.2) is 33.4 Å². The molecule has 1 aromatic heterocycles. The Morgan fingerprint density at radius 1 is 1.43 bits per heavy atom. The maximum Gasteiger partial charge on any atom is 0.272 e. The molecule has 0 aliphatic heterocycles. The third-order valence-electron chi connectivity index (χ3n) is 4.35. The zero-order valence-corrected chi connectivity index (χ0v) is 13.1. The van der Waals surface area contributed by atoms with Crippen molar-refractivity contribution in [3.8, 4) is 0 Å². The number of hydrogen-bond acceptors (Lipinski definition) is 3. The third-order valence-corrected chi connectivity index (χ3v) is 4.35. The lowest BCUT2D eigenvalue weighted by Crippen LogP contribution is -2.42. The van der Waals surface area contributed by atoms with Crippen molar-refractivity contribution in [2.24, 2.45) is 5.92 Å². The van der Waals surface area contributed by atoms with Gasteiger partial charge in [0.25, 0.3) is 5.91 Å². The molecular formula is C16H27N3O2. The van der Waals surface area contributed by atoms with E-state index in [0.717, 1.165) is 12.8 Å². The molecule has 1 fully saturated rings. The van der Waals surface area contributed by atoms with Crippen molar-refractivity contribution >= 4 is 5.91 Å². The molecule has 1 saturated carbocycles. The lowest BCUT2D eigenvalue weighted by molar-refractivity contribution is 0.0893. The second kappa shape index (κ2) is 7.59. The Kier molecular flexibility index (Phi) is 5.79. The highest BCUT2D eigenvalue weighted by Crippen LogP contribution is 2.27. The Balaban J connectivity index is 1.99. The molecule has 1 atom stereocenters. The van der Waals surface area contributed by atoms with Crippen molar-refractivity contribution < 1.29 is 9.90 Å². The topological polar surface area (TPSA) is 67.2 Å². The summed E-state index contributed by atoms with van der Waals surface area (Å²) < 4.78 is 1.79. The van der Waals surface area contributed by atoms with Gasteiger partial charge >= 0.3 is 0 Å². The summed E-state index contributed by atoms with van der Waals surface area (Å²) in [6, 6.07) is 2.07. The van der Waals surface area contributed by atoms with Crippen LogP contribution in [0.15, 0.2) is 12.3 Å². The van der Waals surface area contributed by atoms with E-state index >= 15 is 0 Å². The van der Waals surface area contributed by atoms with Gasteiger partial charge in [-0.3, -0.25) is 9.48 Å². The number of hydrogen-bond donors (Lipinski definition) is 2. The molecule has 2 N–H and O–H groups in total. The summed E-state index contributed by atoms with van der Waals surface area (Å²) in [5.74, 6) is 0.362. The molecule has 0 spiro atoms. The molecule has 1 aliphatic carbocycles. The first-order chi connectivity index (χ1) is 10.1. The number of rotatable bonds is 6. The second-order valence-corrected chi connectivity index (χ2v) is 6.27. The van der Waals surface area contributed by atoms with Gasteiger partial charge in [0.1, 0.15) is 5.69 Å². The molecule has 2 rings (SSSR count). The summed E-state index contributed by atoms with van der Waals surface area (Å²) in [4.78, 5) is 12.3. The van der Waals surface area contributed by atoms with Crippen molar-refractivity contribution in [3.63, 3.8) is 0 Å². The summed E-state index contributed by atoms with van der Waals surface area (Å²) >= 11 is 0. The van der Waals surface area contributed by atoms with Gasteiger partial charge in [-0.1, -0.05) is 19.3 Å². The summed E-state index contributed by atoms with van der Waals surface area (Å²) in [5, 5.41) is 16.6. The van der Waals surface area contributed by atoms with Crippen LogP contribution in [-0.2, 0) is 0 Å². The lowest BCUT2D eigenvalue weighted by Gasteiger charge is -2.30. The average molecular weight is 293 g/mol. The van der Waals surface area contributed by atoms with Crippen molar-refractivity contribution in [1.29, 1.82) is 0 Å². The maximum absolute atomic E-state index is 12.3. The highest BCUT2D eigenvalue weighted by Gasteiger charge is 2.25. The molecular weight excluding hydrogens is 266 g/mol. The van der Waals surface area contributed by atoms with Crippen molar-refractivity contribution in [2.75, 3.05) is 6.61 Å². The number of nitrogens with one attached hydrogen (secondary N) is 1. The molecule has 5 heteroatoms. The Hall–Kier alpha value is -1.36. The molecule has 0 unspecified atom stereocenters. The van der Waals surface area contributed by atoms with E-state index in [9.17, 15) is 9.90 Å². The van der Waals surface area contributed by atoms with Gasteiger partial charge in [0.2, 0.25) is 0 Å². The van der Waals surface area contributed by atoms with Gasteiger partial charge in [-0.2, -0.15) is 5.10 Å². The van der Waals surface area contributed by atoms with E-state index in [1.807, 2.05) is 20.0 Å². The summed E-state index contributed by atoms with van der Waals surface area (Å²) in [6.45, 7) is 4.18. The van der Waals surface area contributed by atoms with Crippen LogP contribution in [0, 0.1) is 5.92 Å². The highest BCUT2D eigenvalue weighted by molar-refractivity contribution is 5.92. The number of carbonyl (C=O) groups is 1. The number of aromatic nitrogens is 2. The van der Waals surface area contributed by atoms with Crippen LogP contribution in [0.1, 0.15) is 68.9 Å². The van der Waals surface area contributed by atoms with E-state index in [1.54, 1.807) is 10.7 Å². The molecule has 0 radical (unpaired) electrons. The molecule has 21 heavy (non-hydrogen) atoms. The van der Waals surface area contributed by atoms with Crippen LogP contribution in [0.2, 0.25) is 0 Å². The number of amides is 1. The van der Waals surface area contributed by atoms with Crippen LogP contribution in [0.25, 0.3) is 0 Å². The Morgan fingerprint density at radius 2 is 2.14 bits per heavy atom. The van der Waals surface area contributed by atoms with Gasteiger partial charge in [-0.05, 0) is 45.1 Å². The number of aliphatic hydroxyl groups excluding tert-OH is 1. The van der Waals surface area contributed by atoms with E-state index in [-0.39, 0.29) is 24.6 Å². The van der Waals surface area contributed by atoms with Crippen LogP contribution < -0.4 is 5.32 Å². The maximum atomic E-state index is 12.3. The highest BCUT2D eigenvalue weighted by atomic mass is 16.3. The first-order valence-electron chi connectivity index (χ1n) is 8.08. The largest absolute Gasteiger partial charge is 0.396 e. The molecule has 0 bridgehead atoms. The van der Waals surface area contributed by atoms with Crippen molar-refractivity contribution in [1.82, 2.24) is 15.1 Å². The summed E-state index contributed by atoms with van der Waals surface area (Å²) in [6.07, 6.45) is 8.49. The molecule has 5 nitrogen and oxygen atoms in total. The first kappa shape index (κ1) is 16.0. The molecule has 0 aromatic carbocycles. The smallest absolute Gasteiger partial charge is 0.272 e. The molecule has 1 amide bonds. The molecule has 1 heterocycles. The minimum absolute atomic E-state index is 0.0620.